The first-order valence-electron chi connectivity index (χ1n) is 15.3. The largest absolute Gasteiger partial charge is 0.414 e. The molecule has 4 saturated carbocycles. The Balaban J connectivity index is 1.45. The van der Waals surface area contributed by atoms with Crippen LogP contribution in [0, 0.1) is 35.0 Å². The van der Waals surface area contributed by atoms with Gasteiger partial charge in [0, 0.05) is 6.10 Å². The van der Waals surface area contributed by atoms with Crippen LogP contribution in [0.4, 0.5) is 0 Å². The van der Waals surface area contributed by atoms with E-state index in [1.807, 2.05) is 0 Å². The second kappa shape index (κ2) is 10.7. The van der Waals surface area contributed by atoms with E-state index in [0.717, 1.165) is 42.9 Å². The first-order valence-corrected chi connectivity index (χ1v) is 18.2. The Labute approximate surface area is 225 Å². The van der Waals surface area contributed by atoms with Gasteiger partial charge in [-0.05, 0) is 123 Å². The fourth-order valence-electron chi connectivity index (χ4n) is 7.48. The second-order valence-electron chi connectivity index (χ2n) is 14.8. The van der Waals surface area contributed by atoms with E-state index in [1.54, 1.807) is 5.57 Å². The Morgan fingerprint density at radius 3 is 2.33 bits per heavy atom. The molecule has 4 rings (SSSR count). The average molecular weight is 509 g/mol. The van der Waals surface area contributed by atoms with Gasteiger partial charge in [0.05, 0.1) is 0 Å². The van der Waals surface area contributed by atoms with E-state index >= 15 is 0 Å². The zero-order valence-corrected chi connectivity index (χ0v) is 26.0. The lowest BCUT2D eigenvalue weighted by Gasteiger charge is -2.44. The first-order chi connectivity index (χ1) is 16.8. The maximum atomic E-state index is 6.83. The molecule has 0 aromatic rings. The minimum Gasteiger partial charge on any atom is -0.414 e. The highest BCUT2D eigenvalue weighted by Gasteiger charge is 2.50. The monoisotopic (exact) mass is 508 g/mol. The molecule has 2 heteroatoms. The molecule has 0 bridgehead atoms. The first kappa shape index (κ1) is 28.2. The number of hydrogen-bond donors (Lipinski definition) is 0. The molecule has 0 aromatic carbocycles. The standard InChI is InChI=1S/C34H56OSi/c1-24(27-15-16-27)12-13-26(3)31-20-21-32-28(11-10-22-34(31,32)7)17-18-29-23-30(19-14-25(29)2)35-36(8,9)33(4,5)6/h12-13,17-18,24,26-27,30-32H,2,10-11,14-16,19-23H2,1,3-9H3/b13-12+,28-17+,29-18+/t24-,26+,30+,31-,32+,34-/m1/s1. The lowest BCUT2D eigenvalue weighted by molar-refractivity contribution is 0.112. The van der Waals surface area contributed by atoms with Crippen LogP contribution in [0.25, 0.3) is 0 Å². The lowest BCUT2D eigenvalue weighted by atomic mass is 9.61. The summed E-state index contributed by atoms with van der Waals surface area (Å²) in [6.45, 7) is 23.8. The molecule has 0 aromatic heterocycles. The molecule has 4 fully saturated rings. The molecule has 4 aliphatic carbocycles. The molecular weight excluding hydrogens is 452 g/mol. The Hall–Kier alpha value is -0.863. The van der Waals surface area contributed by atoms with E-state index in [9.17, 15) is 0 Å². The summed E-state index contributed by atoms with van der Waals surface area (Å²) in [6, 6.07) is 0. The third-order valence-corrected chi connectivity index (χ3v) is 15.7. The van der Waals surface area contributed by atoms with Crippen molar-refractivity contribution in [2.45, 2.75) is 130 Å². The number of allylic oxidation sites excluding steroid dienone is 6. The predicted molar refractivity (Wildman–Crippen MR) is 160 cm³/mol. The van der Waals surface area contributed by atoms with Gasteiger partial charge in [-0.15, -0.1) is 0 Å². The highest BCUT2D eigenvalue weighted by molar-refractivity contribution is 6.74. The van der Waals surface area contributed by atoms with Crippen molar-refractivity contribution in [3.8, 4) is 0 Å². The Kier molecular flexibility index (Phi) is 8.38. The van der Waals surface area contributed by atoms with Crippen molar-refractivity contribution in [2.75, 3.05) is 0 Å². The smallest absolute Gasteiger partial charge is 0.192 e. The van der Waals surface area contributed by atoms with Crippen LogP contribution < -0.4 is 0 Å². The van der Waals surface area contributed by atoms with Crippen LogP contribution >= 0.6 is 0 Å². The molecule has 0 heterocycles. The Morgan fingerprint density at radius 1 is 0.972 bits per heavy atom. The fourth-order valence-corrected chi connectivity index (χ4v) is 8.87. The summed E-state index contributed by atoms with van der Waals surface area (Å²) in [5.41, 5.74) is 4.98. The van der Waals surface area contributed by atoms with Crippen molar-refractivity contribution in [3.05, 3.63) is 47.6 Å². The molecule has 0 saturated heterocycles. The van der Waals surface area contributed by atoms with Crippen molar-refractivity contribution >= 4 is 8.32 Å². The van der Waals surface area contributed by atoms with Crippen LogP contribution in [0.15, 0.2) is 47.6 Å². The molecule has 0 N–H and O–H groups in total. The molecule has 0 unspecified atom stereocenters. The predicted octanol–water partition coefficient (Wildman–Crippen LogP) is 10.4. The molecule has 4 aliphatic rings. The minimum absolute atomic E-state index is 0.265. The van der Waals surface area contributed by atoms with Gasteiger partial charge in [-0.25, -0.2) is 0 Å². The quantitative estimate of drug-likeness (QED) is 0.245. The molecule has 0 radical (unpaired) electrons. The van der Waals surface area contributed by atoms with Crippen molar-refractivity contribution in [3.63, 3.8) is 0 Å². The summed E-state index contributed by atoms with van der Waals surface area (Å²) < 4.78 is 6.83. The summed E-state index contributed by atoms with van der Waals surface area (Å²) in [7, 11) is -1.74. The number of hydrogen-bond acceptors (Lipinski definition) is 1. The molecular formula is C34H56OSi. The van der Waals surface area contributed by atoms with Gasteiger partial charge in [-0.2, -0.15) is 0 Å². The van der Waals surface area contributed by atoms with Crippen LogP contribution in [0.5, 0.6) is 0 Å². The van der Waals surface area contributed by atoms with E-state index in [2.05, 4.69) is 85.5 Å². The lowest BCUT2D eigenvalue weighted by Crippen LogP contribution is -2.44. The minimum atomic E-state index is -1.74. The maximum Gasteiger partial charge on any atom is 0.192 e. The van der Waals surface area contributed by atoms with Crippen LogP contribution in [0.2, 0.25) is 18.1 Å². The summed E-state index contributed by atoms with van der Waals surface area (Å²) >= 11 is 0. The Morgan fingerprint density at radius 2 is 1.67 bits per heavy atom. The highest BCUT2D eigenvalue weighted by atomic mass is 28.4. The van der Waals surface area contributed by atoms with Gasteiger partial charge in [-0.1, -0.05) is 83.6 Å². The van der Waals surface area contributed by atoms with Crippen LogP contribution in [-0.4, -0.2) is 14.4 Å². The normalized spacial score (nSPS) is 36.0. The SMILES string of the molecule is C=C1CC[C@H](O[Si](C)(C)C(C)(C)C)C/C1=C\C=C1/CCC[C@]2(C)[C@@H]([C@@H](C)/C=C/[C@@H](C)C3CC3)CC[C@@H]12. The van der Waals surface area contributed by atoms with Crippen molar-refractivity contribution < 1.29 is 4.43 Å². The zero-order chi connectivity index (χ0) is 26.3. The molecule has 0 aliphatic heterocycles. The maximum absolute atomic E-state index is 6.83. The van der Waals surface area contributed by atoms with Gasteiger partial charge in [0.25, 0.3) is 0 Å². The van der Waals surface area contributed by atoms with Gasteiger partial charge in [0.15, 0.2) is 8.32 Å². The number of rotatable bonds is 7. The third kappa shape index (κ3) is 6.06. The van der Waals surface area contributed by atoms with E-state index in [-0.39, 0.29) is 5.04 Å². The van der Waals surface area contributed by atoms with Crippen molar-refractivity contribution in [1.82, 2.24) is 0 Å². The van der Waals surface area contributed by atoms with Gasteiger partial charge >= 0.3 is 0 Å². The summed E-state index contributed by atoms with van der Waals surface area (Å²) in [5, 5.41) is 0.265. The van der Waals surface area contributed by atoms with E-state index in [1.165, 1.54) is 56.1 Å². The second-order valence-corrected chi connectivity index (χ2v) is 19.6. The Bertz CT molecular complexity index is 895. The van der Waals surface area contributed by atoms with E-state index < -0.39 is 8.32 Å². The van der Waals surface area contributed by atoms with Crippen LogP contribution in [0.1, 0.15) is 106 Å². The number of fused-ring (bicyclic) bond motifs is 1. The van der Waals surface area contributed by atoms with Crippen molar-refractivity contribution in [1.29, 1.82) is 0 Å². The van der Waals surface area contributed by atoms with Crippen molar-refractivity contribution in [2.24, 2.45) is 35.0 Å². The van der Waals surface area contributed by atoms with Crippen LogP contribution in [-0.2, 0) is 4.43 Å². The van der Waals surface area contributed by atoms with Gasteiger partial charge in [-0.3, -0.25) is 0 Å². The topological polar surface area (TPSA) is 9.23 Å². The van der Waals surface area contributed by atoms with Gasteiger partial charge in [0.1, 0.15) is 0 Å². The third-order valence-electron chi connectivity index (χ3n) is 11.2. The molecule has 6 atom stereocenters. The molecule has 0 amide bonds. The highest BCUT2D eigenvalue weighted by Crippen LogP contribution is 2.59. The summed E-state index contributed by atoms with van der Waals surface area (Å²) in [5.74, 6) is 4.04. The summed E-state index contributed by atoms with van der Waals surface area (Å²) in [4.78, 5) is 0. The van der Waals surface area contributed by atoms with Gasteiger partial charge < -0.3 is 4.43 Å². The van der Waals surface area contributed by atoms with E-state index in [4.69, 9.17) is 4.43 Å². The fraction of sp³-hybridized carbons (Fsp3) is 0.765. The molecule has 36 heavy (non-hydrogen) atoms. The summed E-state index contributed by atoms with van der Waals surface area (Å²) in [6.07, 6.45) is 23.5. The van der Waals surface area contributed by atoms with Gasteiger partial charge in [0.2, 0.25) is 0 Å². The zero-order valence-electron chi connectivity index (χ0n) is 25.0. The molecule has 1 nitrogen and oxygen atoms in total. The molecule has 202 valence electrons. The van der Waals surface area contributed by atoms with Crippen LogP contribution in [0.3, 0.4) is 0 Å². The van der Waals surface area contributed by atoms with E-state index in [0.29, 0.717) is 17.4 Å². The average Bonchev–Trinajstić information content (AvgIpc) is 3.58. The molecule has 0 spiro atoms.